The number of hydrazine groups is 1. The summed E-state index contributed by atoms with van der Waals surface area (Å²) in [7, 11) is 1.45. The molecular weight excluding hydrogens is 268 g/mol. The maximum absolute atomic E-state index is 13.1. The van der Waals surface area contributed by atoms with Crippen molar-refractivity contribution in [3.05, 3.63) is 41.7 Å². The van der Waals surface area contributed by atoms with E-state index in [9.17, 15) is 8.78 Å². The number of hydrogen-bond acceptors (Lipinski definition) is 6. The summed E-state index contributed by atoms with van der Waals surface area (Å²) in [5.74, 6) is 4.55. The molecule has 0 radical (unpaired) electrons. The summed E-state index contributed by atoms with van der Waals surface area (Å²) in [5, 5.41) is 2.94. The van der Waals surface area contributed by atoms with E-state index in [1.54, 1.807) is 0 Å². The standard InChI is InChI=1S/C12H13F2N5O/c1-20-10-11(17-6-18-12(10)19-15)16-5-7-2-3-8(13)9(14)4-7/h2-4,6H,5,15H2,1H3,(H2,16,17,18,19). The van der Waals surface area contributed by atoms with E-state index in [-0.39, 0.29) is 6.54 Å². The first-order valence-corrected chi connectivity index (χ1v) is 5.69. The van der Waals surface area contributed by atoms with Gasteiger partial charge in [-0.05, 0) is 17.7 Å². The van der Waals surface area contributed by atoms with Gasteiger partial charge in [-0.3, -0.25) is 0 Å². The fourth-order valence-electron chi connectivity index (χ4n) is 1.63. The SMILES string of the molecule is COc1c(NN)ncnc1NCc1ccc(F)c(F)c1. The molecule has 4 N–H and O–H groups in total. The first-order chi connectivity index (χ1) is 9.65. The molecule has 0 unspecified atom stereocenters. The molecule has 0 saturated heterocycles. The van der Waals surface area contributed by atoms with Crippen molar-refractivity contribution in [2.75, 3.05) is 17.9 Å². The van der Waals surface area contributed by atoms with Crippen molar-refractivity contribution in [2.24, 2.45) is 5.84 Å². The molecule has 0 saturated carbocycles. The molecule has 0 amide bonds. The van der Waals surface area contributed by atoms with Crippen LogP contribution in [-0.2, 0) is 6.54 Å². The number of nitrogens with one attached hydrogen (secondary N) is 2. The lowest BCUT2D eigenvalue weighted by atomic mass is 10.2. The van der Waals surface area contributed by atoms with E-state index < -0.39 is 11.6 Å². The smallest absolute Gasteiger partial charge is 0.205 e. The normalized spacial score (nSPS) is 10.2. The fraction of sp³-hybridized carbons (Fsp3) is 0.167. The third-order valence-corrected chi connectivity index (χ3v) is 2.59. The second kappa shape index (κ2) is 6.11. The van der Waals surface area contributed by atoms with Crippen molar-refractivity contribution in [1.29, 1.82) is 0 Å². The number of benzene rings is 1. The molecular formula is C12H13F2N5O. The highest BCUT2D eigenvalue weighted by molar-refractivity contribution is 5.63. The molecule has 0 aliphatic rings. The van der Waals surface area contributed by atoms with E-state index in [0.29, 0.717) is 22.9 Å². The van der Waals surface area contributed by atoms with Crippen LogP contribution < -0.4 is 21.3 Å². The van der Waals surface area contributed by atoms with Crippen molar-refractivity contribution < 1.29 is 13.5 Å². The van der Waals surface area contributed by atoms with Crippen LogP contribution in [0.15, 0.2) is 24.5 Å². The Bertz CT molecular complexity index is 608. The maximum Gasteiger partial charge on any atom is 0.205 e. The van der Waals surface area contributed by atoms with Crippen LogP contribution in [0.3, 0.4) is 0 Å². The second-order valence-electron chi connectivity index (χ2n) is 3.85. The van der Waals surface area contributed by atoms with Gasteiger partial charge in [-0.25, -0.2) is 24.6 Å². The third kappa shape index (κ3) is 2.91. The van der Waals surface area contributed by atoms with Crippen molar-refractivity contribution in [1.82, 2.24) is 9.97 Å². The lowest BCUT2D eigenvalue weighted by molar-refractivity contribution is 0.414. The van der Waals surface area contributed by atoms with Gasteiger partial charge in [-0.2, -0.15) is 0 Å². The summed E-state index contributed by atoms with van der Waals surface area (Å²) in [6.07, 6.45) is 1.30. The first kappa shape index (κ1) is 13.9. The van der Waals surface area contributed by atoms with E-state index in [1.165, 1.54) is 19.5 Å². The average Bonchev–Trinajstić information content (AvgIpc) is 2.47. The molecule has 1 aromatic heterocycles. The number of hydrogen-bond donors (Lipinski definition) is 3. The number of aromatic nitrogens is 2. The minimum absolute atomic E-state index is 0.245. The van der Waals surface area contributed by atoms with Crippen LogP contribution in [0.25, 0.3) is 0 Å². The molecule has 20 heavy (non-hydrogen) atoms. The highest BCUT2D eigenvalue weighted by Gasteiger charge is 2.11. The summed E-state index contributed by atoms with van der Waals surface area (Å²) in [4.78, 5) is 7.89. The summed E-state index contributed by atoms with van der Waals surface area (Å²) >= 11 is 0. The summed E-state index contributed by atoms with van der Waals surface area (Å²) < 4.78 is 31.0. The molecule has 6 nitrogen and oxygen atoms in total. The van der Waals surface area contributed by atoms with Crippen molar-refractivity contribution in [2.45, 2.75) is 6.54 Å². The molecule has 1 aromatic carbocycles. The molecule has 0 aliphatic carbocycles. The first-order valence-electron chi connectivity index (χ1n) is 5.69. The molecule has 2 aromatic rings. The van der Waals surface area contributed by atoms with E-state index in [2.05, 4.69) is 20.7 Å². The second-order valence-corrected chi connectivity index (χ2v) is 3.85. The number of methoxy groups -OCH3 is 1. The van der Waals surface area contributed by atoms with E-state index in [1.807, 2.05) is 0 Å². The molecule has 0 bridgehead atoms. The quantitative estimate of drug-likeness (QED) is 0.571. The molecule has 1 heterocycles. The Morgan fingerprint density at radius 1 is 1.20 bits per heavy atom. The monoisotopic (exact) mass is 281 g/mol. The number of rotatable bonds is 5. The van der Waals surface area contributed by atoms with Gasteiger partial charge in [0, 0.05) is 6.54 Å². The van der Waals surface area contributed by atoms with Crippen LogP contribution in [-0.4, -0.2) is 17.1 Å². The maximum atomic E-state index is 13.1. The predicted molar refractivity (Wildman–Crippen MR) is 70.1 cm³/mol. The van der Waals surface area contributed by atoms with Gasteiger partial charge in [0.2, 0.25) is 5.75 Å². The lowest BCUT2D eigenvalue weighted by Gasteiger charge is -2.12. The number of nitrogens with zero attached hydrogens (tertiary/aromatic N) is 2. The molecule has 106 valence electrons. The summed E-state index contributed by atoms with van der Waals surface area (Å²) in [6, 6.07) is 3.65. The van der Waals surface area contributed by atoms with Crippen LogP contribution >= 0.6 is 0 Å². The van der Waals surface area contributed by atoms with Gasteiger partial charge in [0.05, 0.1) is 7.11 Å². The van der Waals surface area contributed by atoms with E-state index >= 15 is 0 Å². The Kier molecular flexibility index (Phi) is 4.26. The van der Waals surface area contributed by atoms with E-state index in [4.69, 9.17) is 10.6 Å². The van der Waals surface area contributed by atoms with Crippen LogP contribution in [0, 0.1) is 11.6 Å². The Balaban J connectivity index is 2.16. The Morgan fingerprint density at radius 3 is 2.60 bits per heavy atom. The fourth-order valence-corrected chi connectivity index (χ4v) is 1.63. The zero-order valence-electron chi connectivity index (χ0n) is 10.7. The van der Waals surface area contributed by atoms with Crippen LogP contribution in [0.4, 0.5) is 20.4 Å². The average molecular weight is 281 g/mol. The molecule has 0 atom stereocenters. The number of nitrogens with two attached hydrogens (primary N) is 1. The highest BCUT2D eigenvalue weighted by Crippen LogP contribution is 2.28. The number of nitrogen functional groups attached to an aromatic ring is 1. The van der Waals surface area contributed by atoms with Gasteiger partial charge in [0.25, 0.3) is 0 Å². The predicted octanol–water partition coefficient (Wildman–Crippen LogP) is 1.66. The van der Waals surface area contributed by atoms with E-state index in [0.717, 1.165) is 12.1 Å². The largest absolute Gasteiger partial charge is 0.490 e. The molecule has 0 fully saturated rings. The Morgan fingerprint density at radius 2 is 1.95 bits per heavy atom. The van der Waals surface area contributed by atoms with Crippen molar-refractivity contribution in [3.8, 4) is 5.75 Å². The summed E-state index contributed by atoms with van der Waals surface area (Å²) in [6.45, 7) is 0.245. The minimum atomic E-state index is -0.900. The zero-order valence-corrected chi connectivity index (χ0v) is 10.7. The third-order valence-electron chi connectivity index (χ3n) is 2.59. The van der Waals surface area contributed by atoms with Gasteiger partial charge < -0.3 is 15.5 Å². The molecule has 0 aliphatic heterocycles. The Labute approximate surface area is 114 Å². The minimum Gasteiger partial charge on any atom is -0.490 e. The number of halogens is 2. The highest BCUT2D eigenvalue weighted by atomic mass is 19.2. The van der Waals surface area contributed by atoms with Crippen LogP contribution in [0.1, 0.15) is 5.56 Å². The lowest BCUT2D eigenvalue weighted by Crippen LogP contribution is -2.12. The van der Waals surface area contributed by atoms with Crippen molar-refractivity contribution >= 4 is 11.6 Å². The van der Waals surface area contributed by atoms with Crippen LogP contribution in [0.2, 0.25) is 0 Å². The van der Waals surface area contributed by atoms with Crippen LogP contribution in [0.5, 0.6) is 5.75 Å². The zero-order chi connectivity index (χ0) is 14.5. The number of ether oxygens (including phenoxy) is 1. The molecule has 0 spiro atoms. The van der Waals surface area contributed by atoms with Crippen molar-refractivity contribution in [3.63, 3.8) is 0 Å². The van der Waals surface area contributed by atoms with Gasteiger partial charge in [0.1, 0.15) is 6.33 Å². The van der Waals surface area contributed by atoms with Gasteiger partial charge in [-0.15, -0.1) is 0 Å². The number of anilines is 2. The van der Waals surface area contributed by atoms with Gasteiger partial charge >= 0.3 is 0 Å². The summed E-state index contributed by atoms with van der Waals surface area (Å²) in [5.41, 5.74) is 2.94. The van der Waals surface area contributed by atoms with Gasteiger partial charge in [0.15, 0.2) is 23.3 Å². The molecule has 2 rings (SSSR count). The molecule has 8 heteroatoms. The van der Waals surface area contributed by atoms with Gasteiger partial charge in [-0.1, -0.05) is 6.07 Å². The Hall–Kier alpha value is -2.48. The topological polar surface area (TPSA) is 85.1 Å².